The van der Waals surface area contributed by atoms with Crippen molar-refractivity contribution < 1.29 is 14.3 Å². The van der Waals surface area contributed by atoms with Gasteiger partial charge in [0.1, 0.15) is 5.75 Å². The van der Waals surface area contributed by atoms with Crippen LogP contribution in [0.3, 0.4) is 0 Å². The first-order valence-electron chi connectivity index (χ1n) is 7.27. The van der Waals surface area contributed by atoms with Gasteiger partial charge in [-0.25, -0.2) is 0 Å². The van der Waals surface area contributed by atoms with Gasteiger partial charge in [0.15, 0.2) is 11.9 Å². The van der Waals surface area contributed by atoms with E-state index in [2.05, 4.69) is 0 Å². The fourth-order valence-corrected chi connectivity index (χ4v) is 2.53. The fraction of sp³-hybridized carbons (Fsp3) is 0.500. The van der Waals surface area contributed by atoms with Crippen LogP contribution in [0, 0.1) is 5.92 Å². The lowest BCUT2D eigenvalue weighted by Gasteiger charge is -2.22. The number of amides is 1. The van der Waals surface area contributed by atoms with Crippen LogP contribution in [-0.2, 0) is 4.79 Å². The quantitative estimate of drug-likeness (QED) is 0.833. The number of carbonyl (C=O) groups excluding carboxylic acids is 2. The number of likely N-dealkylation sites (tertiary alicyclic amines) is 1. The molecule has 1 aromatic carbocycles. The highest BCUT2D eigenvalue weighted by molar-refractivity contribution is 5.94. The summed E-state index contributed by atoms with van der Waals surface area (Å²) in [5.74, 6) is 0.879. The van der Waals surface area contributed by atoms with E-state index in [1.165, 1.54) is 6.92 Å². The number of rotatable bonds is 5. The first-order chi connectivity index (χ1) is 10.0. The fourth-order valence-electron chi connectivity index (χ4n) is 2.53. The van der Waals surface area contributed by atoms with E-state index < -0.39 is 6.10 Å². The Morgan fingerprint density at radius 1 is 1.48 bits per heavy atom. The highest BCUT2D eigenvalue weighted by atomic mass is 16.5. The van der Waals surface area contributed by atoms with E-state index in [1.54, 1.807) is 36.1 Å². The summed E-state index contributed by atoms with van der Waals surface area (Å²) in [5, 5.41) is 0. The Labute approximate surface area is 125 Å². The molecule has 0 saturated carbocycles. The van der Waals surface area contributed by atoms with Crippen LogP contribution in [0.5, 0.6) is 5.75 Å². The Bertz CT molecular complexity index is 530. The highest BCUT2D eigenvalue weighted by Gasteiger charge is 2.29. The number of carbonyl (C=O) groups is 2. The number of hydrogen-bond acceptors (Lipinski definition) is 4. The van der Waals surface area contributed by atoms with E-state index in [1.807, 2.05) is 0 Å². The number of ether oxygens (including phenoxy) is 1. The first kappa shape index (κ1) is 15.5. The van der Waals surface area contributed by atoms with Gasteiger partial charge >= 0.3 is 0 Å². The maximum atomic E-state index is 12.3. The number of nitrogens with zero attached hydrogens (tertiary/aromatic N) is 1. The van der Waals surface area contributed by atoms with Crippen LogP contribution in [0.2, 0.25) is 0 Å². The predicted octanol–water partition coefficient (Wildman–Crippen LogP) is 1.46. The maximum Gasteiger partial charge on any atom is 0.263 e. The molecular formula is C16H22N2O3. The molecule has 1 aromatic rings. The zero-order chi connectivity index (χ0) is 15.4. The summed E-state index contributed by atoms with van der Waals surface area (Å²) >= 11 is 0. The molecule has 5 heteroatoms. The number of Topliss-reactive ketones (excluding diaryl/α,β-unsaturated/α-hetero) is 1. The average Bonchev–Trinajstić information content (AvgIpc) is 2.95. The smallest absolute Gasteiger partial charge is 0.263 e. The lowest BCUT2D eigenvalue weighted by Crippen LogP contribution is -2.39. The van der Waals surface area contributed by atoms with E-state index in [4.69, 9.17) is 10.5 Å². The third-order valence-corrected chi connectivity index (χ3v) is 3.83. The van der Waals surface area contributed by atoms with E-state index in [0.717, 1.165) is 13.0 Å². The van der Waals surface area contributed by atoms with E-state index >= 15 is 0 Å². The third kappa shape index (κ3) is 3.82. The largest absolute Gasteiger partial charge is 0.481 e. The predicted molar refractivity (Wildman–Crippen MR) is 80.3 cm³/mol. The van der Waals surface area contributed by atoms with Crippen LogP contribution in [0.1, 0.15) is 30.6 Å². The number of benzene rings is 1. The molecule has 1 heterocycles. The summed E-state index contributed by atoms with van der Waals surface area (Å²) in [7, 11) is 0. The minimum Gasteiger partial charge on any atom is -0.481 e. The molecule has 2 rings (SSSR count). The van der Waals surface area contributed by atoms with Gasteiger partial charge in [0.2, 0.25) is 0 Å². The Morgan fingerprint density at radius 2 is 2.24 bits per heavy atom. The van der Waals surface area contributed by atoms with Gasteiger partial charge < -0.3 is 15.4 Å². The van der Waals surface area contributed by atoms with Crippen molar-refractivity contribution in [1.29, 1.82) is 0 Å². The molecule has 2 N–H and O–H groups in total. The molecular weight excluding hydrogens is 268 g/mol. The second-order valence-corrected chi connectivity index (χ2v) is 5.52. The minimum absolute atomic E-state index is 0.0234. The number of nitrogens with two attached hydrogens (primary N) is 1. The summed E-state index contributed by atoms with van der Waals surface area (Å²) in [6.07, 6.45) is 0.387. The molecule has 114 valence electrons. The van der Waals surface area contributed by atoms with Gasteiger partial charge in [0.05, 0.1) is 0 Å². The lowest BCUT2D eigenvalue weighted by molar-refractivity contribution is -0.136. The zero-order valence-electron chi connectivity index (χ0n) is 12.5. The SMILES string of the molecule is CC(=O)c1cccc(OC(C)C(=O)N2CCC(CN)C2)c1. The molecule has 5 nitrogen and oxygen atoms in total. The van der Waals surface area contributed by atoms with E-state index in [-0.39, 0.29) is 11.7 Å². The van der Waals surface area contributed by atoms with Crippen molar-refractivity contribution in [3.8, 4) is 5.75 Å². The second-order valence-electron chi connectivity index (χ2n) is 5.52. The van der Waals surface area contributed by atoms with Crippen LogP contribution >= 0.6 is 0 Å². The van der Waals surface area contributed by atoms with Gasteiger partial charge in [-0.15, -0.1) is 0 Å². The Hall–Kier alpha value is -1.88. The van der Waals surface area contributed by atoms with Gasteiger partial charge in [-0.2, -0.15) is 0 Å². The summed E-state index contributed by atoms with van der Waals surface area (Å²) in [4.78, 5) is 25.5. The minimum atomic E-state index is -0.566. The van der Waals surface area contributed by atoms with Crippen molar-refractivity contribution in [2.75, 3.05) is 19.6 Å². The van der Waals surface area contributed by atoms with Gasteiger partial charge in [-0.1, -0.05) is 12.1 Å². The molecule has 0 spiro atoms. The van der Waals surface area contributed by atoms with Crippen molar-refractivity contribution in [1.82, 2.24) is 4.90 Å². The summed E-state index contributed by atoms with van der Waals surface area (Å²) in [5.41, 5.74) is 6.22. The average molecular weight is 290 g/mol. The van der Waals surface area contributed by atoms with E-state index in [0.29, 0.717) is 30.3 Å². The molecule has 1 aliphatic rings. The molecule has 1 aliphatic heterocycles. The summed E-state index contributed by atoms with van der Waals surface area (Å²) < 4.78 is 5.67. The van der Waals surface area contributed by atoms with Crippen LogP contribution in [0.4, 0.5) is 0 Å². The van der Waals surface area contributed by atoms with Crippen LogP contribution < -0.4 is 10.5 Å². The van der Waals surface area contributed by atoms with Crippen molar-refractivity contribution in [2.24, 2.45) is 11.7 Å². The maximum absolute atomic E-state index is 12.3. The van der Waals surface area contributed by atoms with Crippen LogP contribution in [0.25, 0.3) is 0 Å². The Balaban J connectivity index is 1.98. The highest BCUT2D eigenvalue weighted by Crippen LogP contribution is 2.19. The number of ketones is 1. The molecule has 2 unspecified atom stereocenters. The third-order valence-electron chi connectivity index (χ3n) is 3.83. The lowest BCUT2D eigenvalue weighted by atomic mass is 10.1. The number of hydrogen-bond donors (Lipinski definition) is 1. The molecule has 0 radical (unpaired) electrons. The van der Waals surface area contributed by atoms with Crippen LogP contribution in [-0.4, -0.2) is 42.3 Å². The van der Waals surface area contributed by atoms with Crippen molar-refractivity contribution in [3.05, 3.63) is 29.8 Å². The summed E-state index contributed by atoms with van der Waals surface area (Å²) in [6, 6.07) is 6.90. The molecule has 0 aromatic heterocycles. The Morgan fingerprint density at radius 3 is 2.86 bits per heavy atom. The Kier molecular flexibility index (Phi) is 4.96. The molecule has 2 atom stereocenters. The van der Waals surface area contributed by atoms with Gasteiger partial charge in [0.25, 0.3) is 5.91 Å². The molecule has 21 heavy (non-hydrogen) atoms. The van der Waals surface area contributed by atoms with Gasteiger partial charge in [-0.05, 0) is 44.9 Å². The molecule has 1 fully saturated rings. The zero-order valence-corrected chi connectivity index (χ0v) is 12.5. The van der Waals surface area contributed by atoms with Crippen molar-refractivity contribution in [2.45, 2.75) is 26.4 Å². The van der Waals surface area contributed by atoms with Crippen molar-refractivity contribution >= 4 is 11.7 Å². The first-order valence-corrected chi connectivity index (χ1v) is 7.27. The monoisotopic (exact) mass is 290 g/mol. The summed E-state index contributed by atoms with van der Waals surface area (Å²) in [6.45, 7) is 5.29. The van der Waals surface area contributed by atoms with Crippen molar-refractivity contribution in [3.63, 3.8) is 0 Å². The molecule has 0 aliphatic carbocycles. The standard InChI is InChI=1S/C16H22N2O3/c1-11(19)14-4-3-5-15(8-14)21-12(2)16(20)18-7-6-13(9-17)10-18/h3-5,8,12-13H,6-7,9-10,17H2,1-2H3. The van der Waals surface area contributed by atoms with E-state index in [9.17, 15) is 9.59 Å². The topological polar surface area (TPSA) is 72.6 Å². The molecule has 1 amide bonds. The normalized spacial score (nSPS) is 19.4. The molecule has 0 bridgehead atoms. The van der Waals surface area contributed by atoms with Gasteiger partial charge in [0, 0.05) is 18.7 Å². The van der Waals surface area contributed by atoms with Crippen LogP contribution in [0.15, 0.2) is 24.3 Å². The second kappa shape index (κ2) is 6.72. The van der Waals surface area contributed by atoms with Gasteiger partial charge in [-0.3, -0.25) is 9.59 Å². The molecule has 1 saturated heterocycles.